The van der Waals surface area contributed by atoms with E-state index in [0.717, 1.165) is 11.6 Å². The van der Waals surface area contributed by atoms with Gasteiger partial charge in [0.2, 0.25) is 0 Å². The Morgan fingerprint density at radius 2 is 1.95 bits per heavy atom. The Labute approximate surface area is 125 Å². The number of alkyl carbamates (subject to hydrolysis) is 1. The zero-order valence-electron chi connectivity index (χ0n) is 11.5. The summed E-state index contributed by atoms with van der Waals surface area (Å²) in [4.78, 5) is 33.8. The fourth-order valence-electron chi connectivity index (χ4n) is 1.54. The highest BCUT2D eigenvalue weighted by molar-refractivity contribution is 5.67. The summed E-state index contributed by atoms with van der Waals surface area (Å²) in [6.07, 6.45) is -0.613. The Bertz CT molecular complexity index is 812. The van der Waals surface area contributed by atoms with Gasteiger partial charge in [0.25, 0.3) is 11.1 Å². The molecule has 1 amide bonds. The van der Waals surface area contributed by atoms with Gasteiger partial charge >= 0.3 is 6.09 Å². The minimum Gasteiger partial charge on any atom is -0.445 e. The first-order valence-electron chi connectivity index (χ1n) is 6.40. The summed E-state index contributed by atoms with van der Waals surface area (Å²) in [6, 6.07) is 10.3. The molecular formula is C15H13N3O4. The number of hydrogen-bond acceptors (Lipinski definition) is 4. The van der Waals surface area contributed by atoms with Gasteiger partial charge in [-0.05, 0) is 5.56 Å². The molecule has 1 heterocycles. The Morgan fingerprint density at radius 1 is 1.18 bits per heavy atom. The molecule has 2 aromatic rings. The number of ether oxygens (including phenoxy) is 1. The molecule has 0 saturated carbocycles. The maximum absolute atomic E-state index is 11.4. The molecule has 7 nitrogen and oxygen atoms in total. The van der Waals surface area contributed by atoms with Crippen LogP contribution in [-0.2, 0) is 11.3 Å². The molecule has 112 valence electrons. The van der Waals surface area contributed by atoms with E-state index in [1.54, 1.807) is 0 Å². The Hall–Kier alpha value is -3.27. The number of aromatic nitrogens is 2. The molecule has 0 aliphatic heterocycles. The van der Waals surface area contributed by atoms with E-state index in [1.807, 2.05) is 30.3 Å². The number of H-pyrrole nitrogens is 2. The van der Waals surface area contributed by atoms with Crippen molar-refractivity contribution >= 4 is 6.09 Å². The molecule has 0 atom stereocenters. The van der Waals surface area contributed by atoms with Gasteiger partial charge in [-0.15, -0.1) is 0 Å². The van der Waals surface area contributed by atoms with Crippen molar-refractivity contribution in [2.24, 2.45) is 0 Å². The number of nitrogens with one attached hydrogen (secondary N) is 3. The van der Waals surface area contributed by atoms with Crippen LogP contribution >= 0.6 is 0 Å². The van der Waals surface area contributed by atoms with Crippen molar-refractivity contribution in [2.45, 2.75) is 6.61 Å². The maximum atomic E-state index is 11.4. The topological polar surface area (TPSA) is 104 Å². The van der Waals surface area contributed by atoms with Crippen LogP contribution in [0.15, 0.2) is 46.0 Å². The molecule has 0 saturated heterocycles. The number of carbonyl (C=O) groups excluding carboxylic acids is 1. The second-order valence-corrected chi connectivity index (χ2v) is 4.22. The smallest absolute Gasteiger partial charge is 0.408 e. The molecule has 0 aliphatic carbocycles. The Balaban J connectivity index is 1.80. The van der Waals surface area contributed by atoms with Crippen molar-refractivity contribution in [1.82, 2.24) is 15.5 Å². The third kappa shape index (κ3) is 4.68. The highest BCUT2D eigenvalue weighted by Gasteiger charge is 2.00. The average Bonchev–Trinajstić information content (AvgIpc) is 2.53. The van der Waals surface area contributed by atoms with Crippen LogP contribution in [0.1, 0.15) is 11.1 Å². The third-order valence-corrected chi connectivity index (χ3v) is 2.58. The summed E-state index contributed by atoms with van der Waals surface area (Å²) in [6.45, 7) is 0.160. The van der Waals surface area contributed by atoms with Crippen molar-refractivity contribution in [3.05, 3.63) is 68.2 Å². The molecule has 0 aliphatic rings. The van der Waals surface area contributed by atoms with Crippen LogP contribution in [0.2, 0.25) is 0 Å². The van der Waals surface area contributed by atoms with Gasteiger partial charge in [0, 0.05) is 6.07 Å². The number of aromatic amines is 2. The van der Waals surface area contributed by atoms with Gasteiger partial charge in [0.05, 0.1) is 12.1 Å². The standard InChI is InChI=1S/C15H13N3O4/c19-13-9-12(14(20)18-17-13)7-4-8-16-15(21)22-10-11-5-2-1-3-6-11/h1-3,5-6,9H,8,10H2,(H,16,21)(H,17,19)(H,18,20). The number of benzene rings is 1. The first-order chi connectivity index (χ1) is 10.6. The van der Waals surface area contributed by atoms with Crippen LogP contribution in [-0.4, -0.2) is 22.8 Å². The summed E-state index contributed by atoms with van der Waals surface area (Å²) in [5, 5.41) is 6.70. The third-order valence-electron chi connectivity index (χ3n) is 2.58. The zero-order valence-corrected chi connectivity index (χ0v) is 11.5. The lowest BCUT2D eigenvalue weighted by Gasteiger charge is -2.04. The molecule has 0 fully saturated rings. The van der Waals surface area contributed by atoms with E-state index in [-0.39, 0.29) is 18.7 Å². The predicted molar refractivity (Wildman–Crippen MR) is 79.2 cm³/mol. The number of hydrogen-bond donors (Lipinski definition) is 3. The van der Waals surface area contributed by atoms with Crippen LogP contribution in [0.25, 0.3) is 0 Å². The molecule has 2 rings (SSSR count). The zero-order chi connectivity index (χ0) is 15.8. The molecule has 0 bridgehead atoms. The first kappa shape index (κ1) is 15.1. The summed E-state index contributed by atoms with van der Waals surface area (Å²) in [5.41, 5.74) is -0.0557. The van der Waals surface area contributed by atoms with Crippen LogP contribution in [0.5, 0.6) is 0 Å². The fourth-order valence-corrected chi connectivity index (χ4v) is 1.54. The van der Waals surface area contributed by atoms with Gasteiger partial charge < -0.3 is 10.1 Å². The van der Waals surface area contributed by atoms with E-state index in [2.05, 4.69) is 27.4 Å². The first-order valence-corrected chi connectivity index (χ1v) is 6.40. The van der Waals surface area contributed by atoms with Crippen molar-refractivity contribution in [3.8, 4) is 11.8 Å². The maximum Gasteiger partial charge on any atom is 0.408 e. The van der Waals surface area contributed by atoms with E-state index in [4.69, 9.17) is 4.74 Å². The SMILES string of the molecule is O=C(NCC#Cc1cc(=O)[nH][nH]c1=O)OCc1ccccc1. The second-order valence-electron chi connectivity index (χ2n) is 4.22. The molecule has 1 aromatic heterocycles. The Kier molecular flexibility index (Phi) is 5.15. The van der Waals surface area contributed by atoms with Crippen LogP contribution < -0.4 is 16.4 Å². The van der Waals surface area contributed by atoms with Gasteiger partial charge in [-0.1, -0.05) is 42.2 Å². The molecule has 22 heavy (non-hydrogen) atoms. The summed E-state index contributed by atoms with van der Waals surface area (Å²) in [5.74, 6) is 5.06. The van der Waals surface area contributed by atoms with Crippen molar-refractivity contribution < 1.29 is 9.53 Å². The van der Waals surface area contributed by atoms with E-state index < -0.39 is 17.2 Å². The average molecular weight is 299 g/mol. The number of amides is 1. The highest BCUT2D eigenvalue weighted by Crippen LogP contribution is 2.00. The van der Waals surface area contributed by atoms with E-state index in [9.17, 15) is 14.4 Å². The molecule has 3 N–H and O–H groups in total. The largest absolute Gasteiger partial charge is 0.445 e. The normalized spacial score (nSPS) is 9.45. The number of carbonyl (C=O) groups is 1. The van der Waals surface area contributed by atoms with Crippen molar-refractivity contribution in [1.29, 1.82) is 0 Å². The van der Waals surface area contributed by atoms with Crippen molar-refractivity contribution in [3.63, 3.8) is 0 Å². The van der Waals surface area contributed by atoms with Gasteiger partial charge in [0.15, 0.2) is 0 Å². The van der Waals surface area contributed by atoms with E-state index in [1.165, 1.54) is 0 Å². The van der Waals surface area contributed by atoms with Crippen LogP contribution in [0, 0.1) is 11.8 Å². The highest BCUT2D eigenvalue weighted by atomic mass is 16.5. The lowest BCUT2D eigenvalue weighted by molar-refractivity contribution is 0.141. The molecular weight excluding hydrogens is 286 g/mol. The van der Waals surface area contributed by atoms with Crippen molar-refractivity contribution in [2.75, 3.05) is 6.54 Å². The minimum atomic E-state index is -0.613. The monoisotopic (exact) mass is 299 g/mol. The molecule has 1 aromatic carbocycles. The van der Waals surface area contributed by atoms with Crippen LogP contribution in [0.3, 0.4) is 0 Å². The number of rotatable bonds is 3. The van der Waals surface area contributed by atoms with Gasteiger partial charge in [-0.2, -0.15) is 0 Å². The van der Waals surface area contributed by atoms with Crippen LogP contribution in [0.4, 0.5) is 4.79 Å². The molecule has 0 unspecified atom stereocenters. The van der Waals surface area contributed by atoms with E-state index >= 15 is 0 Å². The second kappa shape index (κ2) is 7.50. The predicted octanol–water partition coefficient (Wildman–Crippen LogP) is 0.341. The van der Waals surface area contributed by atoms with Gasteiger partial charge in [-0.25, -0.2) is 4.79 Å². The van der Waals surface area contributed by atoms with Gasteiger partial charge in [0.1, 0.15) is 6.61 Å². The van der Waals surface area contributed by atoms with Gasteiger partial charge in [-0.3, -0.25) is 19.8 Å². The fraction of sp³-hybridized carbons (Fsp3) is 0.133. The molecule has 7 heteroatoms. The Morgan fingerprint density at radius 3 is 2.73 bits per heavy atom. The summed E-state index contributed by atoms with van der Waals surface area (Å²) in [7, 11) is 0. The summed E-state index contributed by atoms with van der Waals surface area (Å²) >= 11 is 0. The minimum absolute atomic E-state index is 0.000137. The summed E-state index contributed by atoms with van der Waals surface area (Å²) < 4.78 is 4.98. The lowest BCUT2D eigenvalue weighted by atomic mass is 10.2. The quantitative estimate of drug-likeness (QED) is 0.711. The molecule has 0 radical (unpaired) electrons. The molecule has 0 spiro atoms. The lowest BCUT2D eigenvalue weighted by Crippen LogP contribution is -2.24. The van der Waals surface area contributed by atoms with E-state index in [0.29, 0.717) is 0 Å².